The van der Waals surface area contributed by atoms with Crippen molar-refractivity contribution in [2.24, 2.45) is 5.92 Å². The van der Waals surface area contributed by atoms with E-state index in [2.05, 4.69) is 22.2 Å². The topological polar surface area (TPSA) is 97.3 Å². The Bertz CT molecular complexity index is 668. The molecule has 2 fully saturated rings. The van der Waals surface area contributed by atoms with Gasteiger partial charge in [0.1, 0.15) is 11.9 Å². The van der Waals surface area contributed by atoms with Crippen LogP contribution in [0.15, 0.2) is 24.3 Å². The van der Waals surface area contributed by atoms with E-state index in [1.54, 1.807) is 0 Å². The number of hydrogen-bond acceptors (Lipinski definition) is 4. The minimum absolute atomic E-state index is 0.180. The average molecular weight is 331 g/mol. The molecule has 24 heavy (non-hydrogen) atoms. The first-order valence-electron chi connectivity index (χ1n) is 7.85. The maximum atomic E-state index is 12.9. The van der Waals surface area contributed by atoms with Crippen LogP contribution >= 0.6 is 0 Å². The molecule has 0 bridgehead atoms. The summed E-state index contributed by atoms with van der Waals surface area (Å²) in [6.07, 6.45) is 2.19. The lowest BCUT2D eigenvalue weighted by Gasteiger charge is -2.24. The Morgan fingerprint density at radius 3 is 2.58 bits per heavy atom. The van der Waals surface area contributed by atoms with Crippen molar-refractivity contribution >= 4 is 17.6 Å². The molecule has 1 aliphatic carbocycles. The number of nitrogens with one attached hydrogen (secondary N) is 3. The lowest BCUT2D eigenvalue weighted by atomic mass is 10.1. The van der Waals surface area contributed by atoms with Gasteiger partial charge in [0.15, 0.2) is 0 Å². The number of hydrogen-bond donors (Lipinski definition) is 3. The lowest BCUT2D eigenvalue weighted by Crippen LogP contribution is -2.51. The van der Waals surface area contributed by atoms with Gasteiger partial charge in [-0.15, -0.1) is 0 Å². The number of anilines is 1. The molecule has 2 unspecified atom stereocenters. The molecule has 0 radical (unpaired) electrons. The van der Waals surface area contributed by atoms with Crippen molar-refractivity contribution in [3.05, 3.63) is 30.1 Å². The first kappa shape index (κ1) is 16.1. The van der Waals surface area contributed by atoms with Gasteiger partial charge in [0.2, 0.25) is 0 Å². The summed E-state index contributed by atoms with van der Waals surface area (Å²) in [5.41, 5.74) is 5.72. The summed E-state index contributed by atoms with van der Waals surface area (Å²) >= 11 is 0. The molecular formula is C16H18FN5O2. The van der Waals surface area contributed by atoms with Crippen LogP contribution in [0.4, 0.5) is 14.9 Å². The molecule has 1 saturated carbocycles. The van der Waals surface area contributed by atoms with E-state index in [4.69, 9.17) is 5.26 Å². The maximum Gasteiger partial charge on any atom is 0.318 e. The van der Waals surface area contributed by atoms with Crippen LogP contribution in [0.3, 0.4) is 0 Å². The fourth-order valence-corrected chi connectivity index (χ4v) is 2.64. The number of hydrazine groups is 1. The van der Waals surface area contributed by atoms with Crippen LogP contribution in [0.2, 0.25) is 0 Å². The van der Waals surface area contributed by atoms with Crippen LogP contribution in [0.25, 0.3) is 0 Å². The first-order chi connectivity index (χ1) is 11.6. The van der Waals surface area contributed by atoms with Crippen LogP contribution in [0.5, 0.6) is 0 Å². The van der Waals surface area contributed by atoms with Crippen molar-refractivity contribution < 1.29 is 14.0 Å². The number of likely N-dealkylation sites (tertiary alicyclic amines) is 1. The summed E-state index contributed by atoms with van der Waals surface area (Å²) in [5, 5.41) is 11.9. The summed E-state index contributed by atoms with van der Waals surface area (Å²) < 4.78 is 12.9. The number of benzene rings is 1. The van der Waals surface area contributed by atoms with Gasteiger partial charge in [0.25, 0.3) is 5.91 Å². The molecule has 1 aromatic carbocycles. The highest BCUT2D eigenvalue weighted by molar-refractivity contribution is 5.88. The largest absolute Gasteiger partial charge is 0.335 e. The fraction of sp³-hybridized carbons (Fsp3) is 0.438. The average Bonchev–Trinajstić information content (AvgIpc) is 3.28. The standard InChI is InChI=1S/C16H18FN5O2/c17-11-1-3-13(4-2-11)20-21-15(23)14-7-10(8-18)9-22(14)16(24)19-12-5-6-12/h1-4,10,12,14,20H,5-7,9H2,(H,19,24)(H,21,23). The number of rotatable bonds is 4. The highest BCUT2D eigenvalue weighted by Gasteiger charge is 2.41. The molecule has 3 N–H and O–H groups in total. The van der Waals surface area contributed by atoms with Crippen molar-refractivity contribution in [1.82, 2.24) is 15.6 Å². The molecule has 2 atom stereocenters. The highest BCUT2D eigenvalue weighted by Crippen LogP contribution is 2.25. The maximum absolute atomic E-state index is 12.9. The van der Waals surface area contributed by atoms with Crippen molar-refractivity contribution in [3.8, 4) is 6.07 Å². The zero-order chi connectivity index (χ0) is 17.1. The molecule has 1 heterocycles. The molecule has 3 amide bonds. The van der Waals surface area contributed by atoms with Crippen molar-refractivity contribution in [1.29, 1.82) is 5.26 Å². The summed E-state index contributed by atoms with van der Waals surface area (Å²) in [5.74, 6) is -1.14. The summed E-state index contributed by atoms with van der Waals surface area (Å²) in [6, 6.07) is 6.79. The zero-order valence-electron chi connectivity index (χ0n) is 13.0. The van der Waals surface area contributed by atoms with E-state index < -0.39 is 11.9 Å². The van der Waals surface area contributed by atoms with E-state index in [-0.39, 0.29) is 30.4 Å². The zero-order valence-corrected chi connectivity index (χ0v) is 13.0. The van der Waals surface area contributed by atoms with Gasteiger partial charge in [-0.2, -0.15) is 5.26 Å². The van der Waals surface area contributed by atoms with E-state index >= 15 is 0 Å². The summed E-state index contributed by atoms with van der Waals surface area (Å²) in [6.45, 7) is 0.240. The quantitative estimate of drug-likeness (QED) is 0.726. The van der Waals surface area contributed by atoms with E-state index in [0.717, 1.165) is 12.8 Å². The number of halogens is 1. The predicted molar refractivity (Wildman–Crippen MR) is 83.9 cm³/mol. The van der Waals surface area contributed by atoms with Gasteiger partial charge < -0.3 is 10.2 Å². The van der Waals surface area contributed by atoms with E-state index in [1.165, 1.54) is 29.2 Å². The van der Waals surface area contributed by atoms with Gasteiger partial charge in [-0.05, 0) is 43.5 Å². The minimum atomic E-state index is -0.707. The number of nitriles is 1. The Kier molecular flexibility index (Phi) is 4.51. The number of nitrogens with zero attached hydrogens (tertiary/aromatic N) is 2. The number of carbonyl (C=O) groups is 2. The Balaban J connectivity index is 1.60. The first-order valence-corrected chi connectivity index (χ1v) is 7.85. The molecular weight excluding hydrogens is 313 g/mol. The third kappa shape index (κ3) is 3.74. The van der Waals surface area contributed by atoms with Gasteiger partial charge in [-0.25, -0.2) is 9.18 Å². The molecule has 1 saturated heterocycles. The molecule has 7 nitrogen and oxygen atoms in total. The Labute approximate surface area is 138 Å². The second-order valence-electron chi connectivity index (χ2n) is 6.07. The highest BCUT2D eigenvalue weighted by atomic mass is 19.1. The van der Waals surface area contributed by atoms with Crippen LogP contribution in [-0.2, 0) is 4.79 Å². The molecule has 1 aromatic rings. The smallest absolute Gasteiger partial charge is 0.318 e. The van der Waals surface area contributed by atoms with Gasteiger partial charge in [-0.1, -0.05) is 0 Å². The monoisotopic (exact) mass is 331 g/mol. The molecule has 0 spiro atoms. The van der Waals surface area contributed by atoms with Crippen molar-refractivity contribution in [2.75, 3.05) is 12.0 Å². The van der Waals surface area contributed by atoms with E-state index in [9.17, 15) is 14.0 Å². The Morgan fingerprint density at radius 2 is 1.96 bits per heavy atom. The molecule has 2 aliphatic rings. The second-order valence-corrected chi connectivity index (χ2v) is 6.07. The summed E-state index contributed by atoms with van der Waals surface area (Å²) in [7, 11) is 0. The van der Waals surface area contributed by atoms with Crippen LogP contribution in [-0.4, -0.2) is 35.5 Å². The van der Waals surface area contributed by atoms with Gasteiger partial charge in [0.05, 0.1) is 17.7 Å². The minimum Gasteiger partial charge on any atom is -0.335 e. The normalized spacial score (nSPS) is 22.6. The van der Waals surface area contributed by atoms with Gasteiger partial charge >= 0.3 is 6.03 Å². The third-order valence-corrected chi connectivity index (χ3v) is 4.13. The molecule has 0 aromatic heterocycles. The van der Waals surface area contributed by atoms with Gasteiger partial charge in [-0.3, -0.25) is 15.6 Å². The van der Waals surface area contributed by atoms with Gasteiger partial charge in [0, 0.05) is 12.6 Å². The van der Waals surface area contributed by atoms with E-state index in [1.807, 2.05) is 0 Å². The SMILES string of the molecule is N#CC1CC(C(=O)NNc2ccc(F)cc2)N(C(=O)NC2CC2)C1. The van der Waals surface area contributed by atoms with Crippen molar-refractivity contribution in [3.63, 3.8) is 0 Å². The van der Waals surface area contributed by atoms with Crippen LogP contribution < -0.4 is 16.2 Å². The second kappa shape index (κ2) is 6.74. The molecule has 126 valence electrons. The number of carbonyl (C=O) groups excluding carboxylic acids is 2. The van der Waals surface area contributed by atoms with Crippen LogP contribution in [0, 0.1) is 23.1 Å². The van der Waals surface area contributed by atoms with Crippen LogP contribution in [0.1, 0.15) is 19.3 Å². The Morgan fingerprint density at radius 1 is 1.25 bits per heavy atom. The lowest BCUT2D eigenvalue weighted by molar-refractivity contribution is -0.124. The molecule has 8 heteroatoms. The Hall–Kier alpha value is -2.82. The fourth-order valence-electron chi connectivity index (χ4n) is 2.64. The number of urea groups is 1. The number of amides is 3. The molecule has 3 rings (SSSR count). The third-order valence-electron chi connectivity index (χ3n) is 4.13. The van der Waals surface area contributed by atoms with Crippen molar-refractivity contribution in [2.45, 2.75) is 31.3 Å². The summed E-state index contributed by atoms with van der Waals surface area (Å²) in [4.78, 5) is 26.0. The molecule has 1 aliphatic heterocycles. The predicted octanol–water partition coefficient (Wildman–Crippen LogP) is 1.35. The van der Waals surface area contributed by atoms with E-state index in [0.29, 0.717) is 12.1 Å².